The van der Waals surface area contributed by atoms with Crippen molar-refractivity contribution in [1.82, 2.24) is 14.9 Å². The highest BCUT2D eigenvalue weighted by atomic mass is 15.3. The van der Waals surface area contributed by atoms with Gasteiger partial charge in [0.15, 0.2) is 0 Å². The number of rotatable bonds is 3. The van der Waals surface area contributed by atoms with Gasteiger partial charge in [-0.3, -0.25) is 4.90 Å². The third-order valence-electron chi connectivity index (χ3n) is 4.94. The van der Waals surface area contributed by atoms with Crippen LogP contribution in [0, 0.1) is 0 Å². The maximum atomic E-state index is 4.68. The lowest BCUT2D eigenvalue weighted by atomic mass is 10.1. The van der Waals surface area contributed by atoms with Crippen molar-refractivity contribution in [1.29, 1.82) is 0 Å². The molecule has 0 unspecified atom stereocenters. The van der Waals surface area contributed by atoms with Gasteiger partial charge in [0.05, 0.1) is 11.0 Å². The summed E-state index contributed by atoms with van der Waals surface area (Å²) in [5.41, 5.74) is 4.54. The number of hydrogen-bond donors (Lipinski definition) is 1. The van der Waals surface area contributed by atoms with Gasteiger partial charge in [-0.05, 0) is 50.2 Å². The lowest BCUT2D eigenvalue weighted by molar-refractivity contribution is 0.209. The van der Waals surface area contributed by atoms with Crippen molar-refractivity contribution in [3.05, 3.63) is 48.5 Å². The number of piperazine rings is 1. The van der Waals surface area contributed by atoms with Crippen LogP contribution in [0.1, 0.15) is 13.8 Å². The summed E-state index contributed by atoms with van der Waals surface area (Å²) >= 11 is 0. The summed E-state index contributed by atoms with van der Waals surface area (Å²) in [4.78, 5) is 13.1. The SMILES string of the molecule is CC(C)N1CCN(c2ccc(-c3nc4ccccc4[nH]3)cc2)CC1. The number of benzene rings is 2. The van der Waals surface area contributed by atoms with Crippen molar-refractivity contribution in [2.75, 3.05) is 31.1 Å². The van der Waals surface area contributed by atoms with Crippen LogP contribution >= 0.6 is 0 Å². The number of aromatic nitrogens is 2. The molecule has 0 amide bonds. The van der Waals surface area contributed by atoms with Crippen molar-refractivity contribution < 1.29 is 0 Å². The number of imidazole rings is 1. The second kappa shape index (κ2) is 6.29. The fraction of sp³-hybridized carbons (Fsp3) is 0.350. The molecule has 1 N–H and O–H groups in total. The molecule has 0 bridgehead atoms. The van der Waals surface area contributed by atoms with Crippen LogP contribution in [-0.2, 0) is 0 Å². The summed E-state index contributed by atoms with van der Waals surface area (Å²) in [7, 11) is 0. The quantitative estimate of drug-likeness (QED) is 0.798. The monoisotopic (exact) mass is 320 g/mol. The minimum Gasteiger partial charge on any atom is -0.369 e. The number of para-hydroxylation sites is 2. The number of nitrogens with zero attached hydrogens (tertiary/aromatic N) is 3. The van der Waals surface area contributed by atoms with Crippen LogP contribution in [0.2, 0.25) is 0 Å². The standard InChI is InChI=1S/C20H24N4/c1-15(2)23-11-13-24(14-12-23)17-9-7-16(8-10-17)20-21-18-5-3-4-6-19(18)22-20/h3-10,15H,11-14H2,1-2H3,(H,21,22). The van der Waals surface area contributed by atoms with Gasteiger partial charge in [0.1, 0.15) is 5.82 Å². The highest BCUT2D eigenvalue weighted by Crippen LogP contribution is 2.24. The molecular formula is C20H24N4. The molecule has 0 aliphatic carbocycles. The first-order valence-electron chi connectivity index (χ1n) is 8.75. The lowest BCUT2D eigenvalue weighted by Gasteiger charge is -2.38. The maximum Gasteiger partial charge on any atom is 0.138 e. The second-order valence-corrected chi connectivity index (χ2v) is 6.77. The van der Waals surface area contributed by atoms with Crippen molar-refractivity contribution in [2.45, 2.75) is 19.9 Å². The van der Waals surface area contributed by atoms with Gasteiger partial charge in [-0.1, -0.05) is 12.1 Å². The highest BCUT2D eigenvalue weighted by Gasteiger charge is 2.19. The van der Waals surface area contributed by atoms with Crippen LogP contribution in [0.25, 0.3) is 22.4 Å². The van der Waals surface area contributed by atoms with E-state index >= 15 is 0 Å². The molecule has 1 saturated heterocycles. The minimum absolute atomic E-state index is 0.641. The first-order chi connectivity index (χ1) is 11.7. The summed E-state index contributed by atoms with van der Waals surface area (Å²) in [6, 6.07) is 17.6. The summed E-state index contributed by atoms with van der Waals surface area (Å²) in [5, 5.41) is 0. The number of anilines is 1. The number of hydrogen-bond acceptors (Lipinski definition) is 3. The molecule has 4 heteroatoms. The number of nitrogens with one attached hydrogen (secondary N) is 1. The summed E-state index contributed by atoms with van der Waals surface area (Å²) in [5.74, 6) is 0.937. The number of aromatic amines is 1. The van der Waals surface area contributed by atoms with Gasteiger partial charge in [0, 0.05) is 43.5 Å². The zero-order chi connectivity index (χ0) is 16.5. The Labute approximate surface area is 143 Å². The van der Waals surface area contributed by atoms with E-state index in [-0.39, 0.29) is 0 Å². The topological polar surface area (TPSA) is 35.2 Å². The zero-order valence-electron chi connectivity index (χ0n) is 14.4. The van der Waals surface area contributed by atoms with Crippen LogP contribution in [-0.4, -0.2) is 47.1 Å². The van der Waals surface area contributed by atoms with E-state index in [0.29, 0.717) is 6.04 Å². The molecule has 1 aromatic heterocycles. The van der Waals surface area contributed by atoms with Gasteiger partial charge in [-0.15, -0.1) is 0 Å². The molecule has 3 aromatic rings. The predicted octanol–water partition coefficient (Wildman–Crippen LogP) is 3.76. The molecular weight excluding hydrogens is 296 g/mol. The smallest absolute Gasteiger partial charge is 0.138 e. The van der Waals surface area contributed by atoms with Gasteiger partial charge in [0.25, 0.3) is 0 Å². The van der Waals surface area contributed by atoms with E-state index < -0.39 is 0 Å². The van der Waals surface area contributed by atoms with Gasteiger partial charge in [-0.25, -0.2) is 4.98 Å². The van der Waals surface area contributed by atoms with Crippen molar-refractivity contribution in [2.24, 2.45) is 0 Å². The molecule has 0 spiro atoms. The largest absolute Gasteiger partial charge is 0.369 e. The van der Waals surface area contributed by atoms with Crippen LogP contribution in [0.15, 0.2) is 48.5 Å². The summed E-state index contributed by atoms with van der Waals surface area (Å²) in [6.07, 6.45) is 0. The molecule has 1 aliphatic rings. The molecule has 4 nitrogen and oxygen atoms in total. The first kappa shape index (κ1) is 15.2. The van der Waals surface area contributed by atoms with Crippen LogP contribution in [0.3, 0.4) is 0 Å². The highest BCUT2D eigenvalue weighted by molar-refractivity contribution is 5.79. The number of H-pyrrole nitrogens is 1. The second-order valence-electron chi connectivity index (χ2n) is 6.77. The Morgan fingerprint density at radius 2 is 1.62 bits per heavy atom. The molecule has 1 aliphatic heterocycles. The van der Waals surface area contributed by atoms with Gasteiger partial charge < -0.3 is 9.88 Å². The zero-order valence-corrected chi connectivity index (χ0v) is 14.4. The molecule has 0 saturated carbocycles. The molecule has 0 atom stereocenters. The fourth-order valence-electron chi connectivity index (χ4n) is 3.42. The van der Waals surface area contributed by atoms with E-state index in [9.17, 15) is 0 Å². The average Bonchev–Trinajstić information content (AvgIpc) is 3.06. The predicted molar refractivity (Wildman–Crippen MR) is 100 cm³/mol. The Bertz CT molecular complexity index is 778. The third kappa shape index (κ3) is 2.89. The summed E-state index contributed by atoms with van der Waals surface area (Å²) in [6.45, 7) is 9.03. The molecule has 2 heterocycles. The Hall–Kier alpha value is -2.33. The van der Waals surface area contributed by atoms with Gasteiger partial charge in [-0.2, -0.15) is 0 Å². The molecule has 124 valence electrons. The number of fused-ring (bicyclic) bond motifs is 1. The van der Waals surface area contributed by atoms with Crippen molar-refractivity contribution in [3.8, 4) is 11.4 Å². The van der Waals surface area contributed by atoms with Gasteiger partial charge in [0.2, 0.25) is 0 Å². The third-order valence-corrected chi connectivity index (χ3v) is 4.94. The molecule has 4 rings (SSSR count). The minimum atomic E-state index is 0.641. The lowest BCUT2D eigenvalue weighted by Crippen LogP contribution is -2.48. The van der Waals surface area contributed by atoms with Crippen LogP contribution in [0.4, 0.5) is 5.69 Å². The maximum absolute atomic E-state index is 4.68. The Morgan fingerprint density at radius 1 is 0.917 bits per heavy atom. The Balaban J connectivity index is 1.51. The van der Waals surface area contributed by atoms with Crippen molar-refractivity contribution >= 4 is 16.7 Å². The molecule has 0 radical (unpaired) electrons. The fourth-order valence-corrected chi connectivity index (χ4v) is 3.42. The summed E-state index contributed by atoms with van der Waals surface area (Å²) < 4.78 is 0. The van der Waals surface area contributed by atoms with E-state index in [4.69, 9.17) is 0 Å². The Morgan fingerprint density at radius 3 is 2.29 bits per heavy atom. The van der Waals surface area contributed by atoms with E-state index in [1.165, 1.54) is 5.69 Å². The normalized spacial score (nSPS) is 16.2. The molecule has 1 fully saturated rings. The molecule has 2 aromatic carbocycles. The Kier molecular flexibility index (Phi) is 3.98. The van der Waals surface area contributed by atoms with E-state index in [0.717, 1.165) is 48.6 Å². The first-order valence-corrected chi connectivity index (χ1v) is 8.75. The van der Waals surface area contributed by atoms with Crippen LogP contribution in [0.5, 0.6) is 0 Å². The van der Waals surface area contributed by atoms with Crippen molar-refractivity contribution in [3.63, 3.8) is 0 Å². The van der Waals surface area contributed by atoms with E-state index in [1.54, 1.807) is 0 Å². The van der Waals surface area contributed by atoms with Crippen LogP contribution < -0.4 is 4.90 Å². The molecule has 24 heavy (non-hydrogen) atoms. The van der Waals surface area contributed by atoms with Gasteiger partial charge >= 0.3 is 0 Å². The van der Waals surface area contributed by atoms with E-state index in [1.807, 2.05) is 18.2 Å². The van der Waals surface area contributed by atoms with E-state index in [2.05, 4.69) is 63.9 Å². The average molecular weight is 320 g/mol.